The Balaban J connectivity index is 1.63. The summed E-state index contributed by atoms with van der Waals surface area (Å²) in [6.45, 7) is 4.84. The number of primary amides is 1. The third kappa shape index (κ3) is 6.45. The van der Waals surface area contributed by atoms with Gasteiger partial charge in [0.1, 0.15) is 0 Å². The van der Waals surface area contributed by atoms with Crippen LogP contribution in [0, 0.1) is 12.8 Å². The first-order valence-electron chi connectivity index (χ1n) is 11.6. The molecule has 0 radical (unpaired) electrons. The number of aromatic nitrogens is 4. The summed E-state index contributed by atoms with van der Waals surface area (Å²) in [5.74, 6) is 2.20. The van der Waals surface area contributed by atoms with E-state index in [0.29, 0.717) is 34.8 Å². The van der Waals surface area contributed by atoms with Gasteiger partial charge in [0, 0.05) is 48.8 Å². The van der Waals surface area contributed by atoms with E-state index in [2.05, 4.69) is 25.7 Å². The van der Waals surface area contributed by atoms with Gasteiger partial charge in [0.25, 0.3) is 0 Å². The summed E-state index contributed by atoms with van der Waals surface area (Å²) in [6.07, 6.45) is 2.07. The lowest BCUT2D eigenvalue weighted by Crippen LogP contribution is -2.36. The molecule has 190 valence electrons. The number of carbonyl (C=O) groups excluding carboxylic acids is 2. The molecular weight excluding hydrogens is 480 g/mol. The van der Waals surface area contributed by atoms with Crippen LogP contribution in [-0.4, -0.2) is 52.2 Å². The first-order valence-corrected chi connectivity index (χ1v) is 12.5. The van der Waals surface area contributed by atoms with E-state index >= 15 is 0 Å². The second-order valence-electron chi connectivity index (χ2n) is 8.68. The van der Waals surface area contributed by atoms with Gasteiger partial charge < -0.3 is 26.0 Å². The second-order valence-corrected chi connectivity index (χ2v) is 9.72. The highest BCUT2D eigenvalue weighted by molar-refractivity contribution is 7.99. The molecule has 1 aliphatic heterocycles. The number of aryl methyl sites for hydroxylation is 1. The van der Waals surface area contributed by atoms with Crippen molar-refractivity contribution in [3.05, 3.63) is 36.0 Å². The summed E-state index contributed by atoms with van der Waals surface area (Å²) in [4.78, 5) is 35.3. The molecule has 0 saturated carbocycles. The van der Waals surface area contributed by atoms with Crippen molar-refractivity contribution in [3.8, 4) is 5.75 Å². The second kappa shape index (κ2) is 11.3. The van der Waals surface area contributed by atoms with Gasteiger partial charge in [-0.15, -0.1) is 0 Å². The molecule has 3 heterocycles. The smallest absolute Gasteiger partial charge is 0.221 e. The van der Waals surface area contributed by atoms with Gasteiger partial charge in [-0.25, -0.2) is 9.97 Å². The summed E-state index contributed by atoms with van der Waals surface area (Å²) in [6, 6.07) is 9.36. The fourth-order valence-electron chi connectivity index (χ4n) is 4.10. The highest BCUT2D eigenvalue weighted by Gasteiger charge is 2.27. The van der Waals surface area contributed by atoms with E-state index in [4.69, 9.17) is 20.4 Å². The number of piperidine rings is 1. The van der Waals surface area contributed by atoms with Crippen molar-refractivity contribution in [3.63, 3.8) is 0 Å². The zero-order chi connectivity index (χ0) is 25.7. The molecule has 1 aromatic carbocycles. The minimum absolute atomic E-state index is 0.123. The number of nitrogens with one attached hydrogen (secondary N) is 3. The number of nitrogens with two attached hydrogens (primary N) is 1. The van der Waals surface area contributed by atoms with E-state index in [0.717, 1.165) is 42.2 Å². The minimum Gasteiger partial charge on any atom is -0.490 e. The first kappa shape index (κ1) is 25.3. The van der Waals surface area contributed by atoms with E-state index in [1.54, 1.807) is 7.11 Å². The Morgan fingerprint density at radius 1 is 1.22 bits per heavy atom. The fourth-order valence-corrected chi connectivity index (χ4v) is 4.86. The van der Waals surface area contributed by atoms with Gasteiger partial charge in [0.05, 0.1) is 7.11 Å². The topological polar surface area (TPSA) is 151 Å². The lowest BCUT2D eigenvalue weighted by atomic mass is 9.93. The molecule has 12 heteroatoms. The highest BCUT2D eigenvalue weighted by Crippen LogP contribution is 2.39. The van der Waals surface area contributed by atoms with Crippen LogP contribution in [0.5, 0.6) is 5.75 Å². The number of rotatable bonds is 9. The standard InChI is InChI=1S/C24H30N8O3S/c1-14-12-20(31-30-14)27-22-21(35-3)23(32-10-8-16(9-11-32)13-19(25)34)29-24(28-22)36-18-6-4-17(5-7-18)26-15(2)33/h4-7,12,16H,8-11,13H2,1-3H3,(H2,25,34)(H,26,33)(H2,27,28,29,30,31). The average Bonchev–Trinajstić information content (AvgIpc) is 3.24. The lowest BCUT2D eigenvalue weighted by Gasteiger charge is -2.33. The van der Waals surface area contributed by atoms with Gasteiger partial charge in [-0.3, -0.25) is 14.7 Å². The average molecular weight is 511 g/mol. The molecule has 0 atom stereocenters. The lowest BCUT2D eigenvalue weighted by molar-refractivity contribution is -0.119. The molecule has 4 rings (SSSR count). The number of benzene rings is 1. The molecule has 3 aromatic rings. The molecule has 2 aromatic heterocycles. The maximum Gasteiger partial charge on any atom is 0.221 e. The number of methoxy groups -OCH3 is 1. The Kier molecular flexibility index (Phi) is 7.93. The SMILES string of the molecule is COc1c(Nc2cc(C)[nH]n2)nc(Sc2ccc(NC(C)=O)cc2)nc1N1CCC(CC(N)=O)CC1. The largest absolute Gasteiger partial charge is 0.490 e. The molecule has 1 saturated heterocycles. The molecule has 0 spiro atoms. The van der Waals surface area contributed by atoms with Gasteiger partial charge in [-0.2, -0.15) is 5.10 Å². The van der Waals surface area contributed by atoms with E-state index in [-0.39, 0.29) is 17.7 Å². The highest BCUT2D eigenvalue weighted by atomic mass is 32.2. The summed E-state index contributed by atoms with van der Waals surface area (Å²) < 4.78 is 5.77. The van der Waals surface area contributed by atoms with E-state index < -0.39 is 0 Å². The molecular formula is C24H30N8O3S. The molecule has 36 heavy (non-hydrogen) atoms. The van der Waals surface area contributed by atoms with E-state index in [1.165, 1.54) is 18.7 Å². The Morgan fingerprint density at radius 3 is 2.53 bits per heavy atom. The number of nitrogens with zero attached hydrogens (tertiary/aromatic N) is 4. The van der Waals surface area contributed by atoms with E-state index in [9.17, 15) is 9.59 Å². The van der Waals surface area contributed by atoms with Crippen molar-refractivity contribution >= 4 is 46.7 Å². The van der Waals surface area contributed by atoms with Crippen LogP contribution >= 0.6 is 11.8 Å². The molecule has 0 bridgehead atoms. The minimum atomic E-state index is -0.267. The molecule has 0 unspecified atom stereocenters. The number of amides is 2. The van der Waals surface area contributed by atoms with Crippen LogP contribution in [0.4, 0.5) is 23.1 Å². The van der Waals surface area contributed by atoms with Crippen LogP contribution in [0.3, 0.4) is 0 Å². The maximum atomic E-state index is 11.4. The Morgan fingerprint density at radius 2 is 1.94 bits per heavy atom. The Labute approximate surface area is 213 Å². The predicted molar refractivity (Wildman–Crippen MR) is 139 cm³/mol. The zero-order valence-corrected chi connectivity index (χ0v) is 21.3. The van der Waals surface area contributed by atoms with Crippen molar-refractivity contribution in [2.24, 2.45) is 11.7 Å². The van der Waals surface area contributed by atoms with Crippen molar-refractivity contribution in [1.82, 2.24) is 20.2 Å². The number of hydrogen-bond donors (Lipinski definition) is 4. The van der Waals surface area contributed by atoms with Crippen molar-refractivity contribution < 1.29 is 14.3 Å². The van der Waals surface area contributed by atoms with Crippen LogP contribution in [0.15, 0.2) is 40.4 Å². The number of carbonyl (C=O) groups is 2. The number of H-pyrrole nitrogens is 1. The monoisotopic (exact) mass is 510 g/mol. The molecule has 5 N–H and O–H groups in total. The van der Waals surface area contributed by atoms with E-state index in [1.807, 2.05) is 37.3 Å². The molecule has 11 nitrogen and oxygen atoms in total. The third-order valence-corrected chi connectivity index (χ3v) is 6.64. The van der Waals surface area contributed by atoms with Crippen molar-refractivity contribution in [1.29, 1.82) is 0 Å². The predicted octanol–water partition coefficient (Wildman–Crippen LogP) is 3.46. The quantitative estimate of drug-likeness (QED) is 0.317. The van der Waals surface area contributed by atoms with Gasteiger partial charge in [-0.05, 0) is 61.7 Å². The maximum absolute atomic E-state index is 11.4. The normalized spacial score (nSPS) is 13.9. The Hall–Kier alpha value is -3.80. The summed E-state index contributed by atoms with van der Waals surface area (Å²) >= 11 is 1.40. The van der Waals surface area contributed by atoms with Crippen LogP contribution in [-0.2, 0) is 9.59 Å². The van der Waals surface area contributed by atoms with Gasteiger partial charge in [-0.1, -0.05) is 0 Å². The number of ether oxygens (including phenoxy) is 1. The summed E-state index contributed by atoms with van der Waals surface area (Å²) in [7, 11) is 1.59. The molecule has 2 amide bonds. The number of aromatic amines is 1. The summed E-state index contributed by atoms with van der Waals surface area (Å²) in [5.41, 5.74) is 7.04. The van der Waals surface area contributed by atoms with Crippen LogP contribution in [0.2, 0.25) is 0 Å². The van der Waals surface area contributed by atoms with Gasteiger partial charge >= 0.3 is 0 Å². The molecule has 1 fully saturated rings. The van der Waals surface area contributed by atoms with Crippen LogP contribution in [0.1, 0.15) is 31.9 Å². The fraction of sp³-hybridized carbons (Fsp3) is 0.375. The molecule has 1 aliphatic rings. The number of hydrogen-bond acceptors (Lipinski definition) is 9. The van der Waals surface area contributed by atoms with Gasteiger partial charge in [0.15, 0.2) is 22.6 Å². The first-order chi connectivity index (χ1) is 17.3. The van der Waals surface area contributed by atoms with Crippen LogP contribution < -0.4 is 26.0 Å². The zero-order valence-electron chi connectivity index (χ0n) is 20.5. The third-order valence-electron chi connectivity index (χ3n) is 5.77. The number of anilines is 4. The molecule has 0 aliphatic carbocycles. The van der Waals surface area contributed by atoms with Crippen LogP contribution in [0.25, 0.3) is 0 Å². The summed E-state index contributed by atoms with van der Waals surface area (Å²) in [5, 5.41) is 13.7. The van der Waals surface area contributed by atoms with Crippen molar-refractivity contribution in [2.45, 2.75) is 43.2 Å². The Bertz CT molecular complexity index is 1220. The van der Waals surface area contributed by atoms with Gasteiger partial charge in [0.2, 0.25) is 17.6 Å². The van der Waals surface area contributed by atoms with Crippen molar-refractivity contribution in [2.75, 3.05) is 35.7 Å².